The second-order valence-corrected chi connectivity index (χ2v) is 8.70. The largest absolute Gasteiger partial charge is 0.486 e. The molecule has 3 aromatic heterocycles. The third-order valence-electron chi connectivity index (χ3n) is 6.27. The maximum atomic E-state index is 5.71. The van der Waals surface area contributed by atoms with Gasteiger partial charge in [0.15, 0.2) is 17.3 Å². The van der Waals surface area contributed by atoms with E-state index in [1.54, 1.807) is 4.52 Å². The summed E-state index contributed by atoms with van der Waals surface area (Å²) in [4.78, 5) is 20.9. The van der Waals surface area contributed by atoms with Crippen molar-refractivity contribution >= 4 is 11.7 Å². The zero-order valence-corrected chi connectivity index (χ0v) is 18.7. The van der Waals surface area contributed by atoms with E-state index in [9.17, 15) is 0 Å². The zero-order valence-electron chi connectivity index (χ0n) is 18.7. The molecule has 1 unspecified atom stereocenters. The Bertz CT molecular complexity index is 1340. The summed E-state index contributed by atoms with van der Waals surface area (Å²) >= 11 is 0. The van der Waals surface area contributed by atoms with Crippen LogP contribution in [0.2, 0.25) is 0 Å². The molecule has 9 heteroatoms. The van der Waals surface area contributed by atoms with Crippen molar-refractivity contribution in [3.8, 4) is 34.1 Å². The minimum atomic E-state index is 0.538. The van der Waals surface area contributed by atoms with Crippen LogP contribution in [0.3, 0.4) is 0 Å². The molecule has 168 valence electrons. The summed E-state index contributed by atoms with van der Waals surface area (Å²) in [7, 11) is 0. The van der Waals surface area contributed by atoms with Gasteiger partial charge in [-0.1, -0.05) is 6.92 Å². The van der Waals surface area contributed by atoms with E-state index in [2.05, 4.69) is 26.8 Å². The number of fused-ring (bicyclic) bond motifs is 2. The number of piperidine rings is 1. The summed E-state index contributed by atoms with van der Waals surface area (Å²) < 4.78 is 13.1. The number of nitrogens with zero attached hydrogens (tertiary/aromatic N) is 7. The van der Waals surface area contributed by atoms with Crippen molar-refractivity contribution in [2.24, 2.45) is 5.92 Å². The summed E-state index contributed by atoms with van der Waals surface area (Å²) in [5.41, 5.74) is 3.53. The smallest absolute Gasteiger partial charge is 0.252 e. The number of hydrogen-bond acceptors (Lipinski definition) is 8. The van der Waals surface area contributed by atoms with E-state index in [-0.39, 0.29) is 0 Å². The lowest BCUT2D eigenvalue weighted by Gasteiger charge is -2.31. The number of rotatable bonds is 3. The van der Waals surface area contributed by atoms with E-state index in [0.29, 0.717) is 36.5 Å². The van der Waals surface area contributed by atoms with Crippen molar-refractivity contribution in [3.05, 3.63) is 42.4 Å². The van der Waals surface area contributed by atoms with Crippen LogP contribution in [0.4, 0.5) is 5.95 Å². The molecule has 0 aliphatic carbocycles. The molecule has 1 saturated heterocycles. The van der Waals surface area contributed by atoms with Crippen molar-refractivity contribution in [2.75, 3.05) is 31.2 Å². The van der Waals surface area contributed by atoms with Gasteiger partial charge in [-0.2, -0.15) is 4.98 Å². The summed E-state index contributed by atoms with van der Waals surface area (Å²) in [6.45, 7) is 7.37. The zero-order chi connectivity index (χ0) is 22.4. The van der Waals surface area contributed by atoms with E-state index in [4.69, 9.17) is 19.6 Å². The highest BCUT2D eigenvalue weighted by atomic mass is 16.6. The van der Waals surface area contributed by atoms with Gasteiger partial charge in [-0.15, -0.1) is 5.10 Å². The summed E-state index contributed by atoms with van der Waals surface area (Å²) in [6, 6.07) is 7.67. The highest BCUT2D eigenvalue weighted by Crippen LogP contribution is 2.34. The van der Waals surface area contributed by atoms with Crippen LogP contribution in [0.5, 0.6) is 11.5 Å². The Morgan fingerprint density at radius 3 is 2.79 bits per heavy atom. The monoisotopic (exact) mass is 443 g/mol. The first kappa shape index (κ1) is 19.9. The maximum absolute atomic E-state index is 5.71. The Balaban J connectivity index is 1.36. The summed E-state index contributed by atoms with van der Waals surface area (Å²) in [6.07, 6.45) is 6.07. The fourth-order valence-electron chi connectivity index (χ4n) is 4.52. The van der Waals surface area contributed by atoms with E-state index in [1.165, 1.54) is 12.8 Å². The summed E-state index contributed by atoms with van der Waals surface area (Å²) in [5.74, 6) is 4.01. The average molecular weight is 444 g/mol. The molecule has 0 spiro atoms. The van der Waals surface area contributed by atoms with E-state index < -0.39 is 0 Å². The minimum absolute atomic E-state index is 0.538. The Labute approximate surface area is 191 Å². The van der Waals surface area contributed by atoms with Gasteiger partial charge in [0.25, 0.3) is 5.78 Å². The van der Waals surface area contributed by atoms with Crippen molar-refractivity contribution in [2.45, 2.75) is 26.7 Å². The second-order valence-electron chi connectivity index (χ2n) is 8.70. The van der Waals surface area contributed by atoms with Crippen LogP contribution in [-0.4, -0.2) is 55.9 Å². The second kappa shape index (κ2) is 7.99. The molecule has 1 aromatic carbocycles. The number of benzene rings is 1. The lowest BCUT2D eigenvalue weighted by Crippen LogP contribution is -2.35. The number of ether oxygens (including phenoxy) is 2. The maximum Gasteiger partial charge on any atom is 0.252 e. The Hall–Kier alpha value is -3.75. The Morgan fingerprint density at radius 2 is 1.91 bits per heavy atom. The molecule has 0 amide bonds. The topological polar surface area (TPSA) is 90.6 Å². The normalized spacial score (nSPS) is 18.0. The molecule has 5 heterocycles. The fourth-order valence-corrected chi connectivity index (χ4v) is 4.52. The predicted octanol–water partition coefficient (Wildman–Crippen LogP) is 3.56. The van der Waals surface area contributed by atoms with E-state index in [0.717, 1.165) is 47.3 Å². The van der Waals surface area contributed by atoms with Crippen LogP contribution >= 0.6 is 0 Å². The van der Waals surface area contributed by atoms with Gasteiger partial charge in [-0.3, -0.25) is 0 Å². The molecule has 2 aliphatic heterocycles. The van der Waals surface area contributed by atoms with Gasteiger partial charge in [0.1, 0.15) is 13.2 Å². The first-order valence-electron chi connectivity index (χ1n) is 11.4. The van der Waals surface area contributed by atoms with Gasteiger partial charge >= 0.3 is 0 Å². The minimum Gasteiger partial charge on any atom is -0.486 e. The highest BCUT2D eigenvalue weighted by Gasteiger charge is 2.20. The molecule has 9 nitrogen and oxygen atoms in total. The number of hydrogen-bond donors (Lipinski definition) is 0. The molecule has 2 aliphatic rings. The van der Waals surface area contributed by atoms with Gasteiger partial charge in [0.05, 0.1) is 11.4 Å². The van der Waals surface area contributed by atoms with Crippen molar-refractivity contribution < 1.29 is 9.47 Å². The van der Waals surface area contributed by atoms with Gasteiger partial charge in [-0.25, -0.2) is 19.5 Å². The molecule has 33 heavy (non-hydrogen) atoms. The van der Waals surface area contributed by atoms with E-state index >= 15 is 0 Å². The molecular weight excluding hydrogens is 418 g/mol. The molecular formula is C24H25N7O2. The Kier molecular flexibility index (Phi) is 4.82. The first-order chi connectivity index (χ1) is 16.2. The van der Waals surface area contributed by atoms with Crippen molar-refractivity contribution in [1.29, 1.82) is 0 Å². The Morgan fingerprint density at radius 1 is 1.03 bits per heavy atom. The van der Waals surface area contributed by atoms with Crippen LogP contribution in [0.1, 0.15) is 25.5 Å². The SMILES string of the molecule is Cc1c(-c2ccnc(N3CCCC(C)C3)n2)cnc2nc(-c3ccc4c(c3)OCCO4)nn12. The first-order valence-corrected chi connectivity index (χ1v) is 11.4. The number of aryl methyl sites for hydroxylation is 1. The molecule has 4 aromatic rings. The molecule has 0 radical (unpaired) electrons. The molecule has 1 fully saturated rings. The van der Waals surface area contributed by atoms with Crippen LogP contribution < -0.4 is 14.4 Å². The molecule has 0 saturated carbocycles. The third kappa shape index (κ3) is 3.63. The van der Waals surface area contributed by atoms with Crippen molar-refractivity contribution in [1.82, 2.24) is 29.5 Å². The van der Waals surface area contributed by atoms with Crippen LogP contribution in [0.25, 0.3) is 28.4 Å². The van der Waals surface area contributed by atoms with Gasteiger partial charge in [0, 0.05) is 36.6 Å². The van der Waals surface area contributed by atoms with Crippen LogP contribution in [-0.2, 0) is 0 Å². The van der Waals surface area contributed by atoms with Crippen LogP contribution in [0, 0.1) is 12.8 Å². The highest BCUT2D eigenvalue weighted by molar-refractivity contribution is 5.66. The van der Waals surface area contributed by atoms with Crippen LogP contribution in [0.15, 0.2) is 36.7 Å². The van der Waals surface area contributed by atoms with Crippen molar-refractivity contribution in [3.63, 3.8) is 0 Å². The quantitative estimate of drug-likeness (QED) is 0.475. The third-order valence-corrected chi connectivity index (χ3v) is 6.27. The summed E-state index contributed by atoms with van der Waals surface area (Å²) in [5, 5.41) is 4.73. The fraction of sp³-hybridized carbons (Fsp3) is 0.375. The predicted molar refractivity (Wildman–Crippen MR) is 124 cm³/mol. The molecule has 1 atom stereocenters. The lowest BCUT2D eigenvalue weighted by atomic mass is 10.0. The molecule has 0 N–H and O–H groups in total. The molecule has 6 rings (SSSR count). The number of anilines is 1. The average Bonchev–Trinajstić information content (AvgIpc) is 3.30. The van der Waals surface area contributed by atoms with Gasteiger partial charge in [-0.05, 0) is 49.9 Å². The van der Waals surface area contributed by atoms with Gasteiger partial charge < -0.3 is 14.4 Å². The van der Waals surface area contributed by atoms with E-state index in [1.807, 2.05) is 43.6 Å². The molecule has 0 bridgehead atoms. The number of aromatic nitrogens is 6. The lowest BCUT2D eigenvalue weighted by molar-refractivity contribution is 0.171. The van der Waals surface area contributed by atoms with Gasteiger partial charge in [0.2, 0.25) is 5.95 Å². The standard InChI is InChI=1S/C24H25N7O2/c1-15-4-3-9-30(14-15)23-25-8-7-19(27-23)18-13-26-24-28-22(29-31(24)16(18)2)17-5-6-20-21(12-17)33-11-10-32-20/h5-8,12-13,15H,3-4,9-11,14H2,1-2H3.